The van der Waals surface area contributed by atoms with E-state index < -0.39 is 6.10 Å². The summed E-state index contributed by atoms with van der Waals surface area (Å²) in [5, 5.41) is 16.6. The molecule has 1 aliphatic rings. The molecule has 0 aliphatic carbocycles. The molecule has 0 N–H and O–H groups in total. The average Bonchev–Trinajstić information content (AvgIpc) is 3.44. The van der Waals surface area contributed by atoms with Crippen LogP contribution in [-0.4, -0.2) is 74.2 Å². The van der Waals surface area contributed by atoms with Gasteiger partial charge in [0.25, 0.3) is 5.91 Å². The summed E-state index contributed by atoms with van der Waals surface area (Å²) in [6, 6.07) is 9.24. The van der Waals surface area contributed by atoms with Crippen LogP contribution in [0.4, 0.5) is 0 Å². The number of aromatic nitrogens is 6. The number of hydrogen-bond acceptors (Lipinski definition) is 7. The molecule has 28 heavy (non-hydrogen) atoms. The summed E-state index contributed by atoms with van der Waals surface area (Å²) in [5.41, 5.74) is 1.33. The molecule has 10 heteroatoms. The summed E-state index contributed by atoms with van der Waals surface area (Å²) >= 11 is 0. The summed E-state index contributed by atoms with van der Waals surface area (Å²) in [4.78, 5) is 16.4. The van der Waals surface area contributed by atoms with E-state index in [2.05, 4.69) is 20.5 Å². The fourth-order valence-electron chi connectivity index (χ4n) is 3.08. The predicted octanol–water partition coefficient (Wildman–Crippen LogP) is 0.719. The maximum absolute atomic E-state index is 13.2. The highest BCUT2D eigenvalue weighted by atomic mass is 16.5. The maximum atomic E-state index is 13.2. The van der Waals surface area contributed by atoms with Gasteiger partial charge < -0.3 is 14.4 Å². The molecule has 1 unspecified atom stereocenters. The molecule has 1 saturated heterocycles. The predicted molar refractivity (Wildman–Crippen MR) is 97.9 cm³/mol. The van der Waals surface area contributed by atoms with E-state index in [1.165, 1.54) is 4.80 Å². The molecule has 2 aromatic heterocycles. The first-order chi connectivity index (χ1) is 13.8. The van der Waals surface area contributed by atoms with E-state index >= 15 is 0 Å². The number of carbonyl (C=O) groups excluding carboxylic acids is 1. The van der Waals surface area contributed by atoms with Crippen molar-refractivity contribution in [1.82, 2.24) is 34.9 Å². The number of carbonyl (C=O) groups is 1. The summed E-state index contributed by atoms with van der Waals surface area (Å²) < 4.78 is 12.5. The molecule has 0 bridgehead atoms. The molecule has 0 spiro atoms. The maximum Gasteiger partial charge on any atom is 0.256 e. The van der Waals surface area contributed by atoms with Crippen LogP contribution in [0, 0.1) is 0 Å². The zero-order valence-corrected chi connectivity index (χ0v) is 15.5. The van der Waals surface area contributed by atoms with Gasteiger partial charge in [-0.1, -0.05) is 12.1 Å². The van der Waals surface area contributed by atoms with E-state index in [4.69, 9.17) is 9.47 Å². The third kappa shape index (κ3) is 3.78. The van der Waals surface area contributed by atoms with Gasteiger partial charge >= 0.3 is 0 Å². The van der Waals surface area contributed by atoms with Crippen LogP contribution in [-0.2, 0) is 16.0 Å². The number of morpholine rings is 1. The molecule has 10 nitrogen and oxygen atoms in total. The number of benzene rings is 1. The van der Waals surface area contributed by atoms with Crippen molar-refractivity contribution in [3.05, 3.63) is 54.1 Å². The first-order valence-corrected chi connectivity index (χ1v) is 9.03. The van der Waals surface area contributed by atoms with Crippen LogP contribution in [0.2, 0.25) is 0 Å². The quantitative estimate of drug-likeness (QED) is 0.618. The molecule has 1 aliphatic heterocycles. The number of tetrazole rings is 1. The number of para-hydroxylation sites is 1. The Bertz CT molecular complexity index is 925. The van der Waals surface area contributed by atoms with Crippen molar-refractivity contribution in [3.63, 3.8) is 0 Å². The minimum absolute atomic E-state index is 0.0776. The van der Waals surface area contributed by atoms with E-state index in [1.54, 1.807) is 22.9 Å². The van der Waals surface area contributed by atoms with E-state index in [-0.39, 0.29) is 5.91 Å². The molecule has 1 aromatic carbocycles. The highest BCUT2D eigenvalue weighted by Crippen LogP contribution is 2.22. The summed E-state index contributed by atoms with van der Waals surface area (Å²) in [6.45, 7) is 2.28. The Kier molecular flexibility index (Phi) is 5.40. The Morgan fingerprint density at radius 1 is 1.32 bits per heavy atom. The molecule has 4 rings (SSSR count). The molecule has 1 amide bonds. The minimum atomic E-state index is -0.411. The van der Waals surface area contributed by atoms with Crippen LogP contribution in [0.1, 0.15) is 22.3 Å². The van der Waals surface area contributed by atoms with Gasteiger partial charge in [-0.15, -0.1) is 10.2 Å². The molecule has 1 fully saturated rings. The van der Waals surface area contributed by atoms with E-state index in [0.29, 0.717) is 44.2 Å². The Balaban J connectivity index is 1.51. The van der Waals surface area contributed by atoms with Crippen LogP contribution >= 0.6 is 0 Å². The summed E-state index contributed by atoms with van der Waals surface area (Å²) in [7, 11) is 1.62. The van der Waals surface area contributed by atoms with Crippen molar-refractivity contribution in [2.24, 2.45) is 0 Å². The number of rotatable bonds is 6. The zero-order chi connectivity index (χ0) is 19.3. The van der Waals surface area contributed by atoms with Gasteiger partial charge in [0.2, 0.25) is 5.82 Å². The first-order valence-electron chi connectivity index (χ1n) is 9.03. The van der Waals surface area contributed by atoms with E-state index in [9.17, 15) is 4.79 Å². The van der Waals surface area contributed by atoms with E-state index in [0.717, 1.165) is 5.69 Å². The lowest BCUT2D eigenvalue weighted by Gasteiger charge is -2.31. The number of ether oxygens (including phenoxy) is 2. The monoisotopic (exact) mass is 383 g/mol. The average molecular weight is 383 g/mol. The fraction of sp³-hybridized carbons (Fsp3) is 0.389. The Hall–Kier alpha value is -3.11. The highest BCUT2D eigenvalue weighted by molar-refractivity contribution is 5.97. The lowest BCUT2D eigenvalue weighted by Crippen LogP contribution is -2.42. The van der Waals surface area contributed by atoms with Gasteiger partial charge in [0, 0.05) is 26.0 Å². The van der Waals surface area contributed by atoms with Crippen molar-refractivity contribution in [2.75, 3.05) is 33.4 Å². The largest absolute Gasteiger partial charge is 0.383 e. The van der Waals surface area contributed by atoms with Crippen molar-refractivity contribution < 1.29 is 14.3 Å². The number of nitrogens with zero attached hydrogens (tertiary/aromatic N) is 7. The van der Waals surface area contributed by atoms with Gasteiger partial charge in [0.1, 0.15) is 6.10 Å². The fourth-order valence-corrected chi connectivity index (χ4v) is 3.08. The third-order valence-electron chi connectivity index (χ3n) is 4.49. The van der Waals surface area contributed by atoms with Gasteiger partial charge in [-0.2, -0.15) is 9.90 Å². The van der Waals surface area contributed by atoms with Crippen LogP contribution in [0.3, 0.4) is 0 Å². The lowest BCUT2D eigenvalue weighted by molar-refractivity contribution is -0.0269. The second-order valence-electron chi connectivity index (χ2n) is 6.31. The Labute approximate surface area is 161 Å². The molecule has 0 radical (unpaired) electrons. The van der Waals surface area contributed by atoms with Crippen molar-refractivity contribution in [2.45, 2.75) is 12.6 Å². The first kappa shape index (κ1) is 18.3. The lowest BCUT2D eigenvalue weighted by atomic mass is 10.1. The molecule has 146 valence electrons. The molecule has 3 aromatic rings. The second kappa shape index (κ2) is 8.28. The number of hydrogen-bond donors (Lipinski definition) is 0. The van der Waals surface area contributed by atoms with Crippen molar-refractivity contribution in [3.8, 4) is 5.69 Å². The zero-order valence-electron chi connectivity index (χ0n) is 15.5. The van der Waals surface area contributed by atoms with Crippen LogP contribution < -0.4 is 0 Å². The normalized spacial score (nSPS) is 17.0. The molecule has 0 saturated carbocycles. The SMILES string of the molecule is COCCn1nnc(C2CN(C(=O)c3ccccc3-n3cccn3)CCO2)n1. The second-order valence-corrected chi connectivity index (χ2v) is 6.31. The summed E-state index contributed by atoms with van der Waals surface area (Å²) in [6.07, 6.45) is 3.09. The van der Waals surface area contributed by atoms with Crippen LogP contribution in [0.5, 0.6) is 0 Å². The molecular formula is C18H21N7O3. The van der Waals surface area contributed by atoms with Gasteiger partial charge in [-0.3, -0.25) is 4.79 Å². The molecule has 3 heterocycles. The third-order valence-corrected chi connectivity index (χ3v) is 4.49. The van der Waals surface area contributed by atoms with Gasteiger partial charge in [0.05, 0.1) is 37.6 Å². The number of amides is 1. The van der Waals surface area contributed by atoms with Gasteiger partial charge in [-0.25, -0.2) is 4.68 Å². The summed E-state index contributed by atoms with van der Waals surface area (Å²) in [5.74, 6) is 0.389. The number of methoxy groups -OCH3 is 1. The van der Waals surface area contributed by atoms with Gasteiger partial charge in [-0.05, 0) is 23.4 Å². The Morgan fingerprint density at radius 3 is 3.04 bits per heavy atom. The highest BCUT2D eigenvalue weighted by Gasteiger charge is 2.30. The molecule has 1 atom stereocenters. The smallest absolute Gasteiger partial charge is 0.256 e. The standard InChI is InChI=1S/C18H21N7O3/c1-27-11-10-25-21-17(20-22-25)16-13-23(9-12-28-16)18(26)14-5-2-3-6-15(14)24-8-4-7-19-24/h2-8,16H,9-13H2,1H3. The van der Waals surface area contributed by atoms with Crippen LogP contribution in [0.15, 0.2) is 42.7 Å². The van der Waals surface area contributed by atoms with Crippen LogP contribution in [0.25, 0.3) is 5.69 Å². The van der Waals surface area contributed by atoms with Crippen molar-refractivity contribution >= 4 is 5.91 Å². The minimum Gasteiger partial charge on any atom is -0.383 e. The Morgan fingerprint density at radius 2 is 2.21 bits per heavy atom. The van der Waals surface area contributed by atoms with Gasteiger partial charge in [0.15, 0.2) is 0 Å². The topological polar surface area (TPSA) is 100 Å². The molecular weight excluding hydrogens is 362 g/mol. The van der Waals surface area contributed by atoms with Crippen molar-refractivity contribution in [1.29, 1.82) is 0 Å². The van der Waals surface area contributed by atoms with E-state index in [1.807, 2.05) is 36.5 Å².